The van der Waals surface area contributed by atoms with Crippen LogP contribution in [0, 0.1) is 0 Å². The van der Waals surface area contributed by atoms with E-state index < -0.39 is 18.0 Å². The van der Waals surface area contributed by atoms with Crippen LogP contribution in [0.15, 0.2) is 122 Å². The summed E-state index contributed by atoms with van der Waals surface area (Å²) in [6.07, 6.45) is 60.8. The molecule has 0 fully saturated rings. The Morgan fingerprint density at radius 3 is 1.47 bits per heavy atom. The standard InChI is InChI=1S/C51H78O6/c1-4-7-10-13-16-19-21-23-24-25-26-28-29-32-35-38-41-44-50(53)56-47-48(46-55-49(52)43-40-37-34-31-18-15-12-9-6-3)57-51(54)45-42-39-36-33-30-27-22-20-17-14-11-8-5-2/h8-9,11-12,14,16-20,22-24,27,30-31,33,36-37,40,48H,4-7,10,13,15,21,25-26,28-29,32,34-35,38-39,41-47H2,1-3H3/b11-8-,12-9-,17-14-,19-16-,22-20-,24-23-,30-27-,31-18-,36-33-,40-37-. The van der Waals surface area contributed by atoms with Crippen LogP contribution < -0.4 is 0 Å². The molecule has 0 aliphatic carbocycles. The molecule has 0 aliphatic heterocycles. The molecule has 0 aliphatic rings. The van der Waals surface area contributed by atoms with Gasteiger partial charge in [-0.1, -0.05) is 187 Å². The van der Waals surface area contributed by atoms with Gasteiger partial charge in [0.15, 0.2) is 6.10 Å². The lowest BCUT2D eigenvalue weighted by Gasteiger charge is -2.18. The highest BCUT2D eigenvalue weighted by Gasteiger charge is 2.19. The van der Waals surface area contributed by atoms with Crippen LogP contribution in [0.4, 0.5) is 0 Å². The van der Waals surface area contributed by atoms with Crippen LogP contribution in [0.5, 0.6) is 0 Å². The van der Waals surface area contributed by atoms with E-state index in [4.69, 9.17) is 14.2 Å². The lowest BCUT2D eigenvalue weighted by molar-refractivity contribution is -0.166. The number of allylic oxidation sites excluding steroid dienone is 19. The van der Waals surface area contributed by atoms with Gasteiger partial charge in [0.25, 0.3) is 0 Å². The van der Waals surface area contributed by atoms with Crippen LogP contribution in [0.25, 0.3) is 0 Å². The summed E-state index contributed by atoms with van der Waals surface area (Å²) >= 11 is 0. The molecule has 0 rings (SSSR count). The van der Waals surface area contributed by atoms with E-state index in [0.29, 0.717) is 19.3 Å². The second-order valence-corrected chi connectivity index (χ2v) is 14.0. The molecule has 0 heterocycles. The predicted octanol–water partition coefficient (Wildman–Crippen LogP) is 14.2. The van der Waals surface area contributed by atoms with Crippen molar-refractivity contribution in [2.24, 2.45) is 0 Å². The number of carbonyl (C=O) groups excluding carboxylic acids is 3. The van der Waals surface area contributed by atoms with E-state index in [2.05, 4.69) is 75.5 Å². The largest absolute Gasteiger partial charge is 0.462 e. The molecule has 0 saturated carbocycles. The van der Waals surface area contributed by atoms with Crippen LogP contribution >= 0.6 is 0 Å². The lowest BCUT2D eigenvalue weighted by Crippen LogP contribution is -2.30. The van der Waals surface area contributed by atoms with Crippen LogP contribution in [-0.4, -0.2) is 37.2 Å². The Hall–Kier alpha value is -4.19. The molecule has 6 nitrogen and oxygen atoms in total. The van der Waals surface area contributed by atoms with Crippen LogP contribution in [0.2, 0.25) is 0 Å². The van der Waals surface area contributed by atoms with Gasteiger partial charge in [0.2, 0.25) is 0 Å². The molecule has 0 saturated heterocycles. The zero-order valence-corrected chi connectivity index (χ0v) is 36.0. The summed E-state index contributed by atoms with van der Waals surface area (Å²) in [7, 11) is 0. The van der Waals surface area contributed by atoms with E-state index in [9.17, 15) is 14.4 Å². The minimum Gasteiger partial charge on any atom is -0.462 e. The quantitative estimate of drug-likeness (QED) is 0.0205. The minimum atomic E-state index is -0.855. The highest BCUT2D eigenvalue weighted by molar-refractivity contribution is 5.72. The third-order valence-corrected chi connectivity index (χ3v) is 8.59. The fourth-order valence-electron chi connectivity index (χ4n) is 5.33. The summed E-state index contributed by atoms with van der Waals surface area (Å²) in [4.78, 5) is 37.6. The van der Waals surface area contributed by atoms with Gasteiger partial charge >= 0.3 is 17.9 Å². The monoisotopic (exact) mass is 787 g/mol. The van der Waals surface area contributed by atoms with Gasteiger partial charge in [-0.05, 0) is 77.0 Å². The third-order valence-electron chi connectivity index (χ3n) is 8.59. The molecule has 0 aromatic carbocycles. The van der Waals surface area contributed by atoms with E-state index in [1.54, 1.807) is 6.08 Å². The second kappa shape index (κ2) is 44.5. The van der Waals surface area contributed by atoms with Gasteiger partial charge in [-0.3, -0.25) is 14.4 Å². The number of rotatable bonds is 37. The summed E-state index contributed by atoms with van der Waals surface area (Å²) in [6.45, 7) is 6.14. The molecule has 0 bridgehead atoms. The van der Waals surface area contributed by atoms with Crippen molar-refractivity contribution in [3.8, 4) is 0 Å². The SMILES string of the molecule is CC\C=C/C=C\C=C/C=C\C=C/CCCC(=O)OC(COC(=O)C/C=C\C/C=C\C/C=C\CC)COC(=O)CCCCCCCCC/C=C\C/C=C\CCCCC. The lowest BCUT2D eigenvalue weighted by atomic mass is 10.1. The van der Waals surface area contributed by atoms with E-state index in [1.807, 2.05) is 60.8 Å². The Morgan fingerprint density at radius 2 is 0.860 bits per heavy atom. The van der Waals surface area contributed by atoms with Crippen molar-refractivity contribution in [2.75, 3.05) is 13.2 Å². The molecule has 0 N–H and O–H groups in total. The second-order valence-electron chi connectivity index (χ2n) is 14.0. The molecule has 1 atom stereocenters. The van der Waals surface area contributed by atoms with Crippen molar-refractivity contribution in [3.63, 3.8) is 0 Å². The Labute approximate surface area is 348 Å². The predicted molar refractivity (Wildman–Crippen MR) is 242 cm³/mol. The van der Waals surface area contributed by atoms with Crippen LogP contribution in [-0.2, 0) is 28.6 Å². The van der Waals surface area contributed by atoms with Gasteiger partial charge in [-0.2, -0.15) is 0 Å². The first-order valence-corrected chi connectivity index (χ1v) is 22.1. The van der Waals surface area contributed by atoms with Gasteiger partial charge in [-0.15, -0.1) is 0 Å². The Morgan fingerprint density at radius 1 is 0.404 bits per heavy atom. The summed E-state index contributed by atoms with van der Waals surface area (Å²) < 4.78 is 16.5. The molecule has 1 unspecified atom stereocenters. The smallest absolute Gasteiger partial charge is 0.309 e. The molecular formula is C51H78O6. The number of hydrogen-bond donors (Lipinski definition) is 0. The summed E-state index contributed by atoms with van der Waals surface area (Å²) in [5, 5.41) is 0. The number of esters is 3. The average molecular weight is 787 g/mol. The van der Waals surface area contributed by atoms with E-state index in [0.717, 1.165) is 57.8 Å². The number of ether oxygens (including phenoxy) is 3. The molecule has 57 heavy (non-hydrogen) atoms. The number of unbranched alkanes of at least 4 members (excludes halogenated alkanes) is 11. The molecule has 0 amide bonds. The van der Waals surface area contributed by atoms with Crippen LogP contribution in [0.3, 0.4) is 0 Å². The van der Waals surface area contributed by atoms with E-state index >= 15 is 0 Å². The third kappa shape index (κ3) is 42.8. The van der Waals surface area contributed by atoms with Gasteiger partial charge in [0.1, 0.15) is 13.2 Å². The maximum absolute atomic E-state index is 12.7. The summed E-state index contributed by atoms with van der Waals surface area (Å²) in [5.41, 5.74) is 0. The van der Waals surface area contributed by atoms with Crippen molar-refractivity contribution in [1.82, 2.24) is 0 Å². The Bertz CT molecular complexity index is 1270. The first kappa shape index (κ1) is 52.8. The summed E-state index contributed by atoms with van der Waals surface area (Å²) in [5.74, 6) is -1.17. The Balaban J connectivity index is 4.55. The Kier molecular flexibility index (Phi) is 41.3. The molecular weight excluding hydrogens is 709 g/mol. The zero-order chi connectivity index (χ0) is 41.5. The highest BCUT2D eigenvalue weighted by Crippen LogP contribution is 2.12. The fraction of sp³-hybridized carbons (Fsp3) is 0.549. The zero-order valence-electron chi connectivity index (χ0n) is 36.0. The van der Waals surface area contributed by atoms with Crippen LogP contribution in [0.1, 0.15) is 162 Å². The molecule has 0 spiro atoms. The maximum Gasteiger partial charge on any atom is 0.309 e. The van der Waals surface area contributed by atoms with E-state index in [-0.39, 0.29) is 32.0 Å². The van der Waals surface area contributed by atoms with Crippen molar-refractivity contribution in [1.29, 1.82) is 0 Å². The van der Waals surface area contributed by atoms with Crippen molar-refractivity contribution in [2.45, 2.75) is 168 Å². The fourth-order valence-corrected chi connectivity index (χ4v) is 5.33. The van der Waals surface area contributed by atoms with Gasteiger partial charge < -0.3 is 14.2 Å². The minimum absolute atomic E-state index is 0.113. The van der Waals surface area contributed by atoms with Gasteiger partial charge in [-0.25, -0.2) is 0 Å². The van der Waals surface area contributed by atoms with Crippen molar-refractivity contribution in [3.05, 3.63) is 122 Å². The van der Waals surface area contributed by atoms with E-state index in [1.165, 1.54) is 51.4 Å². The van der Waals surface area contributed by atoms with Crippen molar-refractivity contribution < 1.29 is 28.6 Å². The summed E-state index contributed by atoms with van der Waals surface area (Å²) in [6, 6.07) is 0. The molecule has 0 aromatic heterocycles. The normalized spacial score (nSPS) is 13.2. The molecule has 6 heteroatoms. The first-order chi connectivity index (χ1) is 28.0. The highest BCUT2D eigenvalue weighted by atomic mass is 16.6. The van der Waals surface area contributed by atoms with Gasteiger partial charge in [0, 0.05) is 12.8 Å². The molecule has 0 radical (unpaired) electrons. The average Bonchev–Trinajstić information content (AvgIpc) is 3.21. The first-order valence-electron chi connectivity index (χ1n) is 22.1. The number of carbonyl (C=O) groups is 3. The molecule has 0 aromatic rings. The maximum atomic E-state index is 12.7. The van der Waals surface area contributed by atoms with Gasteiger partial charge in [0.05, 0.1) is 6.42 Å². The van der Waals surface area contributed by atoms with Crippen molar-refractivity contribution >= 4 is 17.9 Å². The number of hydrogen-bond acceptors (Lipinski definition) is 6. The topological polar surface area (TPSA) is 78.9 Å². The molecule has 318 valence electrons.